The van der Waals surface area contributed by atoms with Crippen molar-refractivity contribution < 1.29 is 18.7 Å². The minimum absolute atomic E-state index is 0.232. The van der Waals surface area contributed by atoms with Gasteiger partial charge in [-0.05, 0) is 61.4 Å². The van der Waals surface area contributed by atoms with Gasteiger partial charge in [-0.3, -0.25) is 4.79 Å². The number of anilines is 1. The standard InChI is InChI=1S/C24H19Cl3N2O4/c1-12-20(25)13(2)22(27)23(21(12)26)32-11-19(30)28-15-6-4-14(5-7-15)24-29-17-10-16(31-3)8-9-18(17)33-24/h4-10H,11H2,1-3H3,(H,28,30). The average molecular weight is 506 g/mol. The summed E-state index contributed by atoms with van der Waals surface area (Å²) in [6, 6.07) is 12.5. The van der Waals surface area contributed by atoms with E-state index in [1.807, 2.05) is 6.07 Å². The van der Waals surface area contributed by atoms with Gasteiger partial charge in [-0.1, -0.05) is 34.8 Å². The Labute approximate surface area is 205 Å². The maximum atomic E-state index is 12.4. The fourth-order valence-electron chi connectivity index (χ4n) is 3.23. The van der Waals surface area contributed by atoms with E-state index in [1.165, 1.54) is 0 Å². The van der Waals surface area contributed by atoms with E-state index in [0.29, 0.717) is 44.6 Å². The molecule has 6 nitrogen and oxygen atoms in total. The molecular formula is C24H19Cl3N2O4. The van der Waals surface area contributed by atoms with Crippen LogP contribution in [-0.4, -0.2) is 24.6 Å². The van der Waals surface area contributed by atoms with Crippen LogP contribution in [0.15, 0.2) is 46.9 Å². The zero-order chi connectivity index (χ0) is 23.7. The van der Waals surface area contributed by atoms with Crippen LogP contribution in [0.25, 0.3) is 22.6 Å². The number of fused-ring (bicyclic) bond motifs is 1. The summed E-state index contributed by atoms with van der Waals surface area (Å²) in [5.74, 6) is 1.04. The molecule has 4 rings (SSSR count). The first-order chi connectivity index (χ1) is 15.8. The van der Waals surface area contributed by atoms with Gasteiger partial charge in [0, 0.05) is 22.3 Å². The summed E-state index contributed by atoms with van der Waals surface area (Å²) < 4.78 is 16.6. The highest BCUT2D eigenvalue weighted by Gasteiger charge is 2.19. The van der Waals surface area contributed by atoms with Gasteiger partial charge in [-0.2, -0.15) is 0 Å². The van der Waals surface area contributed by atoms with Crippen molar-refractivity contribution in [3.63, 3.8) is 0 Å². The summed E-state index contributed by atoms with van der Waals surface area (Å²) in [5, 5.41) is 3.80. The minimum Gasteiger partial charge on any atom is -0.497 e. The van der Waals surface area contributed by atoms with Crippen molar-refractivity contribution >= 4 is 57.5 Å². The Hall–Kier alpha value is -2.93. The van der Waals surface area contributed by atoms with E-state index in [4.69, 9.17) is 48.7 Å². The van der Waals surface area contributed by atoms with Gasteiger partial charge in [0.15, 0.2) is 17.9 Å². The summed E-state index contributed by atoms with van der Waals surface area (Å²) in [6.07, 6.45) is 0. The van der Waals surface area contributed by atoms with E-state index in [9.17, 15) is 4.79 Å². The molecule has 0 radical (unpaired) electrons. The minimum atomic E-state index is -0.367. The van der Waals surface area contributed by atoms with E-state index in [0.717, 1.165) is 5.56 Å². The maximum absolute atomic E-state index is 12.4. The maximum Gasteiger partial charge on any atom is 0.262 e. The lowest BCUT2D eigenvalue weighted by molar-refractivity contribution is -0.118. The summed E-state index contributed by atoms with van der Waals surface area (Å²) >= 11 is 18.8. The second kappa shape index (κ2) is 9.51. The van der Waals surface area contributed by atoms with Gasteiger partial charge < -0.3 is 19.2 Å². The van der Waals surface area contributed by atoms with E-state index < -0.39 is 0 Å². The number of ether oxygens (including phenoxy) is 2. The lowest BCUT2D eigenvalue weighted by Crippen LogP contribution is -2.20. The molecule has 1 aromatic heterocycles. The lowest BCUT2D eigenvalue weighted by Gasteiger charge is -2.15. The van der Waals surface area contributed by atoms with Crippen LogP contribution in [0, 0.1) is 13.8 Å². The summed E-state index contributed by atoms with van der Waals surface area (Å²) in [4.78, 5) is 16.9. The molecule has 0 unspecified atom stereocenters. The highest BCUT2D eigenvalue weighted by Crippen LogP contribution is 2.42. The number of carbonyl (C=O) groups is 1. The molecule has 170 valence electrons. The third kappa shape index (κ3) is 4.74. The van der Waals surface area contributed by atoms with Crippen LogP contribution in [0.3, 0.4) is 0 Å². The van der Waals surface area contributed by atoms with E-state index in [-0.39, 0.29) is 28.3 Å². The van der Waals surface area contributed by atoms with Gasteiger partial charge in [0.05, 0.1) is 17.2 Å². The summed E-state index contributed by atoms with van der Waals surface area (Å²) in [6.45, 7) is 3.25. The highest BCUT2D eigenvalue weighted by atomic mass is 35.5. The smallest absolute Gasteiger partial charge is 0.262 e. The molecule has 1 heterocycles. The predicted molar refractivity (Wildman–Crippen MR) is 131 cm³/mol. The number of amides is 1. The second-order valence-corrected chi connectivity index (χ2v) is 8.42. The average Bonchev–Trinajstić information content (AvgIpc) is 3.25. The Bertz CT molecular complexity index is 1320. The fourth-order valence-corrected chi connectivity index (χ4v) is 4.05. The van der Waals surface area contributed by atoms with Crippen LogP contribution in [0.2, 0.25) is 15.1 Å². The Morgan fingerprint density at radius 3 is 2.30 bits per heavy atom. The quantitative estimate of drug-likeness (QED) is 0.302. The van der Waals surface area contributed by atoms with Gasteiger partial charge in [0.25, 0.3) is 5.91 Å². The van der Waals surface area contributed by atoms with Crippen molar-refractivity contribution in [3.05, 3.63) is 68.7 Å². The first kappa shape index (κ1) is 23.2. The molecule has 0 aliphatic rings. The van der Waals surface area contributed by atoms with Crippen molar-refractivity contribution in [2.45, 2.75) is 13.8 Å². The van der Waals surface area contributed by atoms with Crippen LogP contribution in [0.5, 0.6) is 11.5 Å². The second-order valence-electron chi connectivity index (χ2n) is 7.29. The number of carbonyl (C=O) groups excluding carboxylic acids is 1. The Morgan fingerprint density at radius 2 is 1.67 bits per heavy atom. The molecule has 3 aromatic carbocycles. The number of nitrogens with one attached hydrogen (secondary N) is 1. The molecule has 0 bridgehead atoms. The van der Waals surface area contributed by atoms with E-state index >= 15 is 0 Å². The number of halogens is 3. The Kier molecular flexibility index (Phi) is 6.70. The number of hydrogen-bond donors (Lipinski definition) is 1. The number of hydrogen-bond acceptors (Lipinski definition) is 5. The number of rotatable bonds is 6. The van der Waals surface area contributed by atoms with Crippen molar-refractivity contribution in [3.8, 4) is 23.0 Å². The molecule has 0 atom stereocenters. The molecule has 0 aliphatic heterocycles. The Morgan fingerprint density at radius 1 is 1.00 bits per heavy atom. The normalized spacial score (nSPS) is 11.0. The van der Waals surface area contributed by atoms with Crippen LogP contribution >= 0.6 is 34.8 Å². The Balaban J connectivity index is 1.43. The number of methoxy groups -OCH3 is 1. The fraction of sp³-hybridized carbons (Fsp3) is 0.167. The van der Waals surface area contributed by atoms with Gasteiger partial charge in [-0.15, -0.1) is 0 Å². The molecule has 1 amide bonds. The number of benzene rings is 3. The molecule has 0 aliphatic carbocycles. The number of aromatic nitrogens is 1. The largest absolute Gasteiger partial charge is 0.497 e. The third-order valence-corrected chi connectivity index (χ3v) is 6.55. The van der Waals surface area contributed by atoms with Crippen LogP contribution in [0.4, 0.5) is 5.69 Å². The topological polar surface area (TPSA) is 73.6 Å². The van der Waals surface area contributed by atoms with Crippen LogP contribution in [-0.2, 0) is 4.79 Å². The summed E-state index contributed by atoms with van der Waals surface area (Å²) in [5.41, 5.74) is 4.00. The van der Waals surface area contributed by atoms with Gasteiger partial charge in [0.2, 0.25) is 5.89 Å². The van der Waals surface area contributed by atoms with Gasteiger partial charge >= 0.3 is 0 Å². The van der Waals surface area contributed by atoms with Crippen molar-refractivity contribution in [2.75, 3.05) is 19.0 Å². The molecule has 4 aromatic rings. The highest BCUT2D eigenvalue weighted by molar-refractivity contribution is 6.42. The molecular weight excluding hydrogens is 487 g/mol. The molecule has 1 N–H and O–H groups in total. The van der Waals surface area contributed by atoms with E-state index in [2.05, 4.69) is 10.3 Å². The summed E-state index contributed by atoms with van der Waals surface area (Å²) in [7, 11) is 1.60. The zero-order valence-corrected chi connectivity index (χ0v) is 20.2. The van der Waals surface area contributed by atoms with Gasteiger partial charge in [-0.25, -0.2) is 4.98 Å². The van der Waals surface area contributed by atoms with Crippen molar-refractivity contribution in [2.24, 2.45) is 0 Å². The van der Waals surface area contributed by atoms with Crippen molar-refractivity contribution in [1.82, 2.24) is 4.98 Å². The monoisotopic (exact) mass is 504 g/mol. The van der Waals surface area contributed by atoms with Crippen molar-refractivity contribution in [1.29, 1.82) is 0 Å². The molecule has 0 saturated carbocycles. The lowest BCUT2D eigenvalue weighted by atomic mass is 10.1. The third-order valence-electron chi connectivity index (χ3n) is 5.07. The zero-order valence-electron chi connectivity index (χ0n) is 18.0. The van der Waals surface area contributed by atoms with Gasteiger partial charge in [0.1, 0.15) is 11.3 Å². The first-order valence-corrected chi connectivity index (χ1v) is 11.0. The molecule has 33 heavy (non-hydrogen) atoms. The molecule has 0 fully saturated rings. The van der Waals surface area contributed by atoms with E-state index in [1.54, 1.807) is 57.4 Å². The molecule has 9 heteroatoms. The van der Waals surface area contributed by atoms with Crippen LogP contribution < -0.4 is 14.8 Å². The SMILES string of the molecule is COc1ccc2oc(-c3ccc(NC(=O)COc4c(Cl)c(C)c(Cl)c(C)c4Cl)cc3)nc2c1. The van der Waals surface area contributed by atoms with Crippen LogP contribution in [0.1, 0.15) is 11.1 Å². The predicted octanol–water partition coefficient (Wildman–Crippen LogP) is 7.10. The first-order valence-electron chi connectivity index (χ1n) is 9.89. The molecule has 0 saturated heterocycles. The number of oxazole rings is 1. The molecule has 0 spiro atoms. The number of nitrogens with zero attached hydrogens (tertiary/aromatic N) is 1.